The topological polar surface area (TPSA) is 9.23 Å². The lowest BCUT2D eigenvalue weighted by Gasteiger charge is -2.08. The Labute approximate surface area is 101 Å². The number of hydrogen-bond donors (Lipinski definition) is 0. The Morgan fingerprint density at radius 1 is 1.33 bits per heavy atom. The second-order valence-electron chi connectivity index (χ2n) is 3.73. The molecular formula is C12H16OS2. The molecule has 1 aromatic rings. The van der Waals surface area contributed by atoms with Crippen molar-refractivity contribution in [2.45, 2.75) is 19.6 Å². The van der Waals surface area contributed by atoms with Gasteiger partial charge in [-0.15, -0.1) is 0 Å². The van der Waals surface area contributed by atoms with E-state index in [2.05, 4.69) is 26.0 Å². The van der Waals surface area contributed by atoms with Crippen LogP contribution in [0.5, 0.6) is 0 Å². The Balaban J connectivity index is 2.23. The lowest BCUT2D eigenvalue weighted by Crippen LogP contribution is -2.05. The summed E-state index contributed by atoms with van der Waals surface area (Å²) in [6, 6.07) is 10.3. The van der Waals surface area contributed by atoms with E-state index in [0.717, 1.165) is 5.75 Å². The van der Waals surface area contributed by atoms with Crippen molar-refractivity contribution in [3.05, 3.63) is 35.9 Å². The van der Waals surface area contributed by atoms with E-state index in [-0.39, 0.29) is 0 Å². The number of thiocarbonyl (C=S) groups is 1. The third-order valence-electron chi connectivity index (χ3n) is 1.73. The predicted octanol–water partition coefficient (Wildman–Crippen LogP) is 3.88. The molecule has 15 heavy (non-hydrogen) atoms. The predicted molar refractivity (Wildman–Crippen MR) is 71.1 cm³/mol. The highest BCUT2D eigenvalue weighted by molar-refractivity contribution is 8.22. The highest BCUT2D eigenvalue weighted by Gasteiger charge is 2.01. The van der Waals surface area contributed by atoms with Gasteiger partial charge in [0.15, 0.2) is 0 Å². The van der Waals surface area contributed by atoms with Gasteiger partial charge in [0.1, 0.15) is 0 Å². The van der Waals surface area contributed by atoms with E-state index in [4.69, 9.17) is 17.0 Å². The van der Waals surface area contributed by atoms with Crippen LogP contribution in [-0.2, 0) is 10.5 Å². The summed E-state index contributed by atoms with van der Waals surface area (Å²) < 4.78 is 6.07. The van der Waals surface area contributed by atoms with E-state index in [1.54, 1.807) is 11.8 Å². The van der Waals surface area contributed by atoms with Gasteiger partial charge in [-0.2, -0.15) is 0 Å². The molecule has 0 aliphatic heterocycles. The van der Waals surface area contributed by atoms with Crippen molar-refractivity contribution in [1.82, 2.24) is 0 Å². The molecule has 3 heteroatoms. The van der Waals surface area contributed by atoms with Gasteiger partial charge in [0.25, 0.3) is 0 Å². The number of benzene rings is 1. The van der Waals surface area contributed by atoms with Gasteiger partial charge in [-0.25, -0.2) is 0 Å². The summed E-state index contributed by atoms with van der Waals surface area (Å²) in [5.74, 6) is 1.41. The largest absolute Gasteiger partial charge is 0.478 e. The summed E-state index contributed by atoms with van der Waals surface area (Å²) in [6.07, 6.45) is 0. The van der Waals surface area contributed by atoms with Crippen molar-refractivity contribution >= 4 is 28.4 Å². The molecule has 0 amide bonds. The monoisotopic (exact) mass is 240 g/mol. The first-order valence-corrected chi connectivity index (χ1v) is 6.41. The van der Waals surface area contributed by atoms with E-state index < -0.39 is 0 Å². The molecule has 0 fully saturated rings. The lowest BCUT2D eigenvalue weighted by molar-refractivity contribution is 0.273. The van der Waals surface area contributed by atoms with Crippen molar-refractivity contribution in [3.63, 3.8) is 0 Å². The maximum atomic E-state index is 5.42. The Morgan fingerprint density at radius 3 is 2.60 bits per heavy atom. The maximum Gasteiger partial charge on any atom is 0.220 e. The molecular weight excluding hydrogens is 224 g/mol. The number of rotatable bonds is 4. The average molecular weight is 240 g/mol. The van der Waals surface area contributed by atoms with Crippen molar-refractivity contribution in [2.24, 2.45) is 5.92 Å². The summed E-state index contributed by atoms with van der Waals surface area (Å²) in [5.41, 5.74) is 1.28. The molecule has 0 spiro atoms. The Kier molecular flexibility index (Phi) is 5.73. The normalized spacial score (nSPS) is 10.3. The van der Waals surface area contributed by atoms with Crippen LogP contribution in [0.2, 0.25) is 0 Å². The van der Waals surface area contributed by atoms with Crippen LogP contribution in [0.3, 0.4) is 0 Å². The summed E-state index contributed by atoms with van der Waals surface area (Å²) in [7, 11) is 0. The molecule has 0 aliphatic rings. The average Bonchev–Trinajstić information content (AvgIpc) is 2.25. The first kappa shape index (κ1) is 12.5. The van der Waals surface area contributed by atoms with Crippen LogP contribution in [-0.4, -0.2) is 11.0 Å². The fraction of sp³-hybridized carbons (Fsp3) is 0.417. The zero-order chi connectivity index (χ0) is 11.1. The molecule has 0 heterocycles. The number of ether oxygens (including phenoxy) is 1. The molecule has 0 atom stereocenters. The van der Waals surface area contributed by atoms with Gasteiger partial charge < -0.3 is 4.74 Å². The second-order valence-corrected chi connectivity index (χ2v) is 5.31. The molecule has 0 bridgehead atoms. The van der Waals surface area contributed by atoms with Gasteiger partial charge in [-0.1, -0.05) is 55.9 Å². The molecule has 0 radical (unpaired) electrons. The molecule has 1 aromatic carbocycles. The van der Waals surface area contributed by atoms with E-state index in [1.807, 2.05) is 18.2 Å². The van der Waals surface area contributed by atoms with E-state index >= 15 is 0 Å². The molecule has 0 N–H and O–H groups in total. The van der Waals surface area contributed by atoms with Crippen molar-refractivity contribution in [1.29, 1.82) is 0 Å². The minimum atomic E-state index is 0.528. The van der Waals surface area contributed by atoms with Gasteiger partial charge in [-0.05, 0) is 23.7 Å². The van der Waals surface area contributed by atoms with Crippen LogP contribution in [0, 0.1) is 5.92 Å². The standard InChI is InChI=1S/C12H16OS2/c1-10(2)8-13-12(14)15-9-11-6-4-3-5-7-11/h3-7,10H,8-9H2,1-2H3. The molecule has 0 aliphatic carbocycles. The van der Waals surface area contributed by atoms with Crippen molar-refractivity contribution < 1.29 is 4.74 Å². The fourth-order valence-electron chi connectivity index (χ4n) is 0.993. The van der Waals surface area contributed by atoms with Gasteiger partial charge in [0, 0.05) is 5.75 Å². The summed E-state index contributed by atoms with van der Waals surface area (Å²) in [6.45, 7) is 4.94. The van der Waals surface area contributed by atoms with E-state index in [9.17, 15) is 0 Å². The summed E-state index contributed by atoms with van der Waals surface area (Å²) >= 11 is 6.69. The smallest absolute Gasteiger partial charge is 0.220 e. The highest BCUT2D eigenvalue weighted by atomic mass is 32.2. The molecule has 0 saturated heterocycles. The van der Waals surface area contributed by atoms with Crippen LogP contribution in [0.25, 0.3) is 0 Å². The van der Waals surface area contributed by atoms with Crippen LogP contribution in [0.1, 0.15) is 19.4 Å². The highest BCUT2D eigenvalue weighted by Crippen LogP contribution is 2.15. The lowest BCUT2D eigenvalue weighted by atomic mass is 10.2. The van der Waals surface area contributed by atoms with E-state index in [1.165, 1.54) is 5.56 Å². The third kappa shape index (κ3) is 5.80. The Bertz CT molecular complexity index is 296. The number of thioether (sulfide) groups is 1. The molecule has 0 unspecified atom stereocenters. The van der Waals surface area contributed by atoms with Crippen molar-refractivity contribution in [3.8, 4) is 0 Å². The van der Waals surface area contributed by atoms with Gasteiger partial charge in [0.2, 0.25) is 4.38 Å². The zero-order valence-corrected chi connectivity index (χ0v) is 10.7. The van der Waals surface area contributed by atoms with Crippen LogP contribution in [0.15, 0.2) is 30.3 Å². The third-order valence-corrected chi connectivity index (χ3v) is 3.04. The summed E-state index contributed by atoms with van der Waals surface area (Å²) in [5, 5.41) is 0. The maximum absolute atomic E-state index is 5.42. The first-order chi connectivity index (χ1) is 7.18. The molecule has 1 nitrogen and oxygen atoms in total. The Morgan fingerprint density at radius 2 is 2.00 bits per heavy atom. The second kappa shape index (κ2) is 6.85. The zero-order valence-electron chi connectivity index (χ0n) is 9.10. The van der Waals surface area contributed by atoms with Crippen LogP contribution < -0.4 is 0 Å². The molecule has 82 valence electrons. The van der Waals surface area contributed by atoms with Gasteiger partial charge in [-0.3, -0.25) is 0 Å². The van der Waals surface area contributed by atoms with Crippen molar-refractivity contribution in [2.75, 3.05) is 6.61 Å². The molecule has 1 rings (SSSR count). The first-order valence-electron chi connectivity index (χ1n) is 5.02. The minimum absolute atomic E-state index is 0.528. The quantitative estimate of drug-likeness (QED) is 0.739. The molecule has 0 saturated carbocycles. The minimum Gasteiger partial charge on any atom is -0.478 e. The van der Waals surface area contributed by atoms with Gasteiger partial charge in [0.05, 0.1) is 6.61 Å². The van der Waals surface area contributed by atoms with Gasteiger partial charge >= 0.3 is 0 Å². The van der Waals surface area contributed by atoms with Crippen LogP contribution in [0.4, 0.5) is 0 Å². The Hall–Kier alpha value is -0.540. The van der Waals surface area contributed by atoms with E-state index in [0.29, 0.717) is 16.9 Å². The fourth-order valence-corrected chi connectivity index (χ4v) is 1.87. The van der Waals surface area contributed by atoms with Crippen LogP contribution >= 0.6 is 24.0 Å². The SMILES string of the molecule is CC(C)COC(=S)SCc1ccccc1. The number of hydrogen-bond acceptors (Lipinski definition) is 3. The molecule has 0 aromatic heterocycles. The summed E-state index contributed by atoms with van der Waals surface area (Å²) in [4.78, 5) is 0.